The van der Waals surface area contributed by atoms with Crippen molar-refractivity contribution in [1.29, 1.82) is 0 Å². The highest BCUT2D eigenvalue weighted by molar-refractivity contribution is 5.93. The zero-order chi connectivity index (χ0) is 18.7. The number of anilines is 1. The Morgan fingerprint density at radius 1 is 1.04 bits per heavy atom. The molecule has 0 aliphatic carbocycles. The Labute approximate surface area is 151 Å². The third-order valence-electron chi connectivity index (χ3n) is 4.03. The first-order valence-corrected chi connectivity index (χ1v) is 8.46. The number of hydrogen-bond donors (Lipinski definition) is 1. The predicted molar refractivity (Wildman–Crippen MR) is 102 cm³/mol. The van der Waals surface area contributed by atoms with Gasteiger partial charge in [-0.15, -0.1) is 0 Å². The number of fused-ring (bicyclic) bond motifs is 1. The zero-order valence-corrected chi connectivity index (χ0v) is 15.1. The first kappa shape index (κ1) is 17.7. The van der Waals surface area contributed by atoms with Gasteiger partial charge in [-0.25, -0.2) is 4.79 Å². The van der Waals surface area contributed by atoms with Crippen LogP contribution in [0.1, 0.15) is 23.1 Å². The Balaban J connectivity index is 1.61. The van der Waals surface area contributed by atoms with Gasteiger partial charge in [0, 0.05) is 23.2 Å². The number of nitrogens with one attached hydrogen (secondary N) is 1. The minimum Gasteiger partial charge on any atom is -0.493 e. The van der Waals surface area contributed by atoms with Crippen molar-refractivity contribution in [3.05, 3.63) is 69.6 Å². The molecule has 1 amide bonds. The van der Waals surface area contributed by atoms with Crippen LogP contribution in [0.2, 0.25) is 0 Å². The largest absolute Gasteiger partial charge is 0.493 e. The topological polar surface area (TPSA) is 68.5 Å². The van der Waals surface area contributed by atoms with Crippen LogP contribution in [0.3, 0.4) is 0 Å². The van der Waals surface area contributed by atoms with Crippen molar-refractivity contribution in [1.82, 2.24) is 0 Å². The van der Waals surface area contributed by atoms with Crippen molar-refractivity contribution in [3.8, 4) is 5.75 Å². The number of rotatable bonds is 5. The number of carbonyl (C=O) groups excluding carboxylic acids is 1. The molecule has 0 bridgehead atoms. The summed E-state index contributed by atoms with van der Waals surface area (Å²) >= 11 is 0. The lowest BCUT2D eigenvalue weighted by atomic mass is 10.1. The summed E-state index contributed by atoms with van der Waals surface area (Å²) in [5.41, 5.74) is 3.73. The van der Waals surface area contributed by atoms with Gasteiger partial charge in [-0.1, -0.05) is 6.07 Å². The van der Waals surface area contributed by atoms with Crippen LogP contribution >= 0.6 is 0 Å². The summed E-state index contributed by atoms with van der Waals surface area (Å²) in [6.45, 7) is 6.15. The quantitative estimate of drug-likeness (QED) is 0.702. The molecule has 134 valence electrons. The second kappa shape index (κ2) is 7.44. The molecule has 1 heterocycles. The summed E-state index contributed by atoms with van der Waals surface area (Å²) in [6, 6.07) is 12.7. The predicted octanol–water partition coefficient (Wildman–Crippen LogP) is 4.13. The smallest absolute Gasteiger partial charge is 0.336 e. The molecule has 0 radical (unpaired) electrons. The SMILES string of the molecule is Cc1cc(C)cc(OCCC(=O)Nc2ccc3c(C)cc(=O)oc3c2)c1. The van der Waals surface area contributed by atoms with E-state index in [2.05, 4.69) is 11.4 Å². The number of amides is 1. The van der Waals surface area contributed by atoms with Gasteiger partial charge in [0.1, 0.15) is 11.3 Å². The average Bonchev–Trinajstić information content (AvgIpc) is 2.53. The van der Waals surface area contributed by atoms with Gasteiger partial charge >= 0.3 is 5.63 Å². The second-order valence-corrected chi connectivity index (χ2v) is 6.43. The summed E-state index contributed by atoms with van der Waals surface area (Å²) in [4.78, 5) is 23.6. The molecule has 1 aromatic heterocycles. The van der Waals surface area contributed by atoms with Crippen LogP contribution in [-0.2, 0) is 4.79 Å². The van der Waals surface area contributed by atoms with E-state index in [0.29, 0.717) is 11.3 Å². The number of carbonyl (C=O) groups is 1. The lowest BCUT2D eigenvalue weighted by Crippen LogP contribution is -2.15. The Morgan fingerprint density at radius 3 is 2.50 bits per heavy atom. The van der Waals surface area contributed by atoms with E-state index in [0.717, 1.165) is 27.8 Å². The van der Waals surface area contributed by atoms with E-state index in [9.17, 15) is 9.59 Å². The molecule has 0 saturated carbocycles. The van der Waals surface area contributed by atoms with Gasteiger partial charge in [0.2, 0.25) is 5.91 Å². The van der Waals surface area contributed by atoms with Crippen LogP contribution < -0.4 is 15.7 Å². The van der Waals surface area contributed by atoms with E-state index in [1.807, 2.05) is 39.0 Å². The molecule has 0 atom stereocenters. The molecule has 2 aromatic carbocycles. The van der Waals surface area contributed by atoms with E-state index in [1.165, 1.54) is 6.07 Å². The van der Waals surface area contributed by atoms with Crippen LogP contribution in [0.4, 0.5) is 5.69 Å². The van der Waals surface area contributed by atoms with Gasteiger partial charge in [-0.2, -0.15) is 0 Å². The Bertz CT molecular complexity index is 1000. The van der Waals surface area contributed by atoms with Crippen molar-refractivity contribution in [2.45, 2.75) is 27.2 Å². The van der Waals surface area contributed by atoms with Crippen molar-refractivity contribution in [3.63, 3.8) is 0 Å². The monoisotopic (exact) mass is 351 g/mol. The second-order valence-electron chi connectivity index (χ2n) is 6.43. The van der Waals surface area contributed by atoms with Gasteiger partial charge in [0.25, 0.3) is 0 Å². The molecule has 5 heteroatoms. The van der Waals surface area contributed by atoms with Crippen LogP contribution in [0.5, 0.6) is 5.75 Å². The van der Waals surface area contributed by atoms with Gasteiger partial charge in [0.05, 0.1) is 13.0 Å². The summed E-state index contributed by atoms with van der Waals surface area (Å²) in [5.74, 6) is 0.599. The molecule has 0 aliphatic heterocycles. The highest BCUT2D eigenvalue weighted by atomic mass is 16.5. The molecule has 0 spiro atoms. The number of hydrogen-bond acceptors (Lipinski definition) is 4. The minimum atomic E-state index is -0.402. The Kier molecular flexibility index (Phi) is 5.07. The van der Waals surface area contributed by atoms with Gasteiger partial charge in [-0.05, 0) is 61.7 Å². The maximum absolute atomic E-state index is 12.1. The average molecular weight is 351 g/mol. The van der Waals surface area contributed by atoms with E-state index in [1.54, 1.807) is 12.1 Å². The van der Waals surface area contributed by atoms with E-state index in [4.69, 9.17) is 9.15 Å². The maximum Gasteiger partial charge on any atom is 0.336 e. The molecule has 5 nitrogen and oxygen atoms in total. The van der Waals surface area contributed by atoms with Crippen LogP contribution in [-0.4, -0.2) is 12.5 Å². The van der Waals surface area contributed by atoms with E-state index < -0.39 is 5.63 Å². The van der Waals surface area contributed by atoms with Gasteiger partial charge < -0.3 is 14.5 Å². The lowest BCUT2D eigenvalue weighted by Gasteiger charge is -2.09. The fourth-order valence-corrected chi connectivity index (χ4v) is 2.90. The Hall–Kier alpha value is -3.08. The molecule has 3 rings (SSSR count). The molecule has 0 aliphatic rings. The first-order valence-electron chi connectivity index (χ1n) is 8.46. The molecule has 26 heavy (non-hydrogen) atoms. The normalized spacial score (nSPS) is 10.7. The molecular weight excluding hydrogens is 330 g/mol. The van der Waals surface area contributed by atoms with E-state index >= 15 is 0 Å². The molecule has 1 N–H and O–H groups in total. The fraction of sp³-hybridized carbons (Fsp3) is 0.238. The highest BCUT2D eigenvalue weighted by Crippen LogP contribution is 2.21. The van der Waals surface area contributed by atoms with E-state index in [-0.39, 0.29) is 18.9 Å². The number of benzene rings is 2. The van der Waals surface area contributed by atoms with Crippen LogP contribution in [0.25, 0.3) is 11.0 Å². The third kappa shape index (κ3) is 4.30. The van der Waals surface area contributed by atoms with Crippen molar-refractivity contribution in [2.24, 2.45) is 0 Å². The fourth-order valence-electron chi connectivity index (χ4n) is 2.90. The third-order valence-corrected chi connectivity index (χ3v) is 4.03. The molecular formula is C21H21NO4. The summed E-state index contributed by atoms with van der Waals surface area (Å²) in [7, 11) is 0. The first-order chi connectivity index (χ1) is 12.4. The molecule has 0 fully saturated rings. The number of ether oxygens (including phenoxy) is 1. The lowest BCUT2D eigenvalue weighted by molar-refractivity contribution is -0.116. The summed E-state index contributed by atoms with van der Waals surface area (Å²) in [6.07, 6.45) is 0.225. The molecule has 3 aromatic rings. The van der Waals surface area contributed by atoms with Gasteiger partial charge in [-0.3, -0.25) is 4.79 Å². The van der Waals surface area contributed by atoms with Crippen molar-refractivity contribution >= 4 is 22.6 Å². The van der Waals surface area contributed by atoms with Crippen molar-refractivity contribution in [2.75, 3.05) is 11.9 Å². The van der Waals surface area contributed by atoms with Crippen LogP contribution in [0.15, 0.2) is 51.7 Å². The van der Waals surface area contributed by atoms with Crippen LogP contribution in [0, 0.1) is 20.8 Å². The zero-order valence-electron chi connectivity index (χ0n) is 15.1. The van der Waals surface area contributed by atoms with Gasteiger partial charge in [0.15, 0.2) is 0 Å². The van der Waals surface area contributed by atoms with Crippen molar-refractivity contribution < 1.29 is 13.9 Å². The standard InChI is InChI=1S/C21H21NO4/c1-13-8-14(2)10-17(9-13)25-7-6-20(23)22-16-4-5-18-15(3)11-21(24)26-19(18)12-16/h4-5,8-12H,6-7H2,1-3H3,(H,22,23). The molecule has 0 saturated heterocycles. The number of aryl methyl sites for hydroxylation is 3. The summed E-state index contributed by atoms with van der Waals surface area (Å²) in [5, 5.41) is 3.65. The summed E-state index contributed by atoms with van der Waals surface area (Å²) < 4.78 is 10.9. The minimum absolute atomic E-state index is 0.163. The highest BCUT2D eigenvalue weighted by Gasteiger charge is 2.07. The maximum atomic E-state index is 12.1. The molecule has 0 unspecified atom stereocenters. The Morgan fingerprint density at radius 2 is 1.77 bits per heavy atom.